The van der Waals surface area contributed by atoms with Crippen LogP contribution in [-0.2, 0) is 11.3 Å². The Morgan fingerprint density at radius 3 is 2.61 bits per heavy atom. The predicted molar refractivity (Wildman–Crippen MR) is 141 cm³/mol. The lowest BCUT2D eigenvalue weighted by Gasteiger charge is -2.29. The third kappa shape index (κ3) is 8.54. The molecule has 2 aromatic carbocycles. The van der Waals surface area contributed by atoms with Gasteiger partial charge in [0.05, 0.1) is 39.1 Å². The molecule has 2 aromatic rings. The van der Waals surface area contributed by atoms with E-state index in [-0.39, 0.29) is 35.9 Å². The van der Waals surface area contributed by atoms with Crippen LogP contribution in [0.2, 0.25) is 0 Å². The standard InChI is InChI=1S/C24H33FN4O3.HI/c1-4-26-24(27-16-18(2)32-21-7-5-6-20(15-21)30-3)28-17-19-8-9-23(22(25)14-19)29-10-12-31-13-11-29;/h5-9,14-15,18H,4,10-13,16-17H2,1-3H3,(H2,26,27,28);1H. The Balaban J connectivity index is 0.00000385. The number of morpholine rings is 1. The molecular formula is C24H34FIN4O3. The van der Waals surface area contributed by atoms with Crippen molar-refractivity contribution in [3.8, 4) is 11.5 Å². The molecule has 7 nitrogen and oxygen atoms in total. The number of aliphatic imine (C=N–C) groups is 1. The van der Waals surface area contributed by atoms with Gasteiger partial charge >= 0.3 is 0 Å². The fourth-order valence-electron chi connectivity index (χ4n) is 3.41. The molecule has 1 aliphatic rings. The molecule has 1 fully saturated rings. The van der Waals surface area contributed by atoms with E-state index in [1.165, 1.54) is 0 Å². The number of halogens is 2. The van der Waals surface area contributed by atoms with E-state index in [9.17, 15) is 4.39 Å². The van der Waals surface area contributed by atoms with Crippen LogP contribution < -0.4 is 25.0 Å². The number of methoxy groups -OCH3 is 1. The number of hydrogen-bond acceptors (Lipinski definition) is 5. The van der Waals surface area contributed by atoms with Crippen LogP contribution in [0.15, 0.2) is 47.5 Å². The second-order valence-electron chi connectivity index (χ2n) is 7.57. The minimum Gasteiger partial charge on any atom is -0.497 e. The van der Waals surface area contributed by atoms with Crippen LogP contribution in [0.3, 0.4) is 0 Å². The van der Waals surface area contributed by atoms with Crippen LogP contribution in [0.25, 0.3) is 0 Å². The summed E-state index contributed by atoms with van der Waals surface area (Å²) in [6, 6.07) is 12.8. The summed E-state index contributed by atoms with van der Waals surface area (Å²) in [7, 11) is 1.63. The van der Waals surface area contributed by atoms with Gasteiger partial charge in [-0.25, -0.2) is 9.38 Å². The zero-order chi connectivity index (χ0) is 22.8. The highest BCUT2D eigenvalue weighted by Gasteiger charge is 2.15. The highest BCUT2D eigenvalue weighted by atomic mass is 127. The smallest absolute Gasteiger partial charge is 0.191 e. The van der Waals surface area contributed by atoms with Crippen molar-refractivity contribution in [1.29, 1.82) is 0 Å². The van der Waals surface area contributed by atoms with E-state index in [1.54, 1.807) is 13.2 Å². The van der Waals surface area contributed by atoms with Crippen LogP contribution in [-0.4, -0.2) is 58.6 Å². The Morgan fingerprint density at radius 2 is 1.91 bits per heavy atom. The highest BCUT2D eigenvalue weighted by molar-refractivity contribution is 14.0. The van der Waals surface area contributed by atoms with Gasteiger partial charge in [-0.3, -0.25) is 0 Å². The number of rotatable bonds is 9. The Labute approximate surface area is 212 Å². The molecule has 33 heavy (non-hydrogen) atoms. The lowest BCUT2D eigenvalue weighted by atomic mass is 10.1. The molecular weight excluding hydrogens is 538 g/mol. The molecule has 1 heterocycles. The molecule has 1 unspecified atom stereocenters. The molecule has 1 atom stereocenters. The van der Waals surface area contributed by atoms with Crippen molar-refractivity contribution in [2.45, 2.75) is 26.5 Å². The van der Waals surface area contributed by atoms with E-state index in [0.717, 1.165) is 23.6 Å². The van der Waals surface area contributed by atoms with Crippen molar-refractivity contribution in [2.75, 3.05) is 51.4 Å². The van der Waals surface area contributed by atoms with Gasteiger partial charge in [0.15, 0.2) is 5.96 Å². The first-order chi connectivity index (χ1) is 15.6. The first kappa shape index (κ1) is 27.0. The van der Waals surface area contributed by atoms with Crippen LogP contribution in [0.5, 0.6) is 11.5 Å². The average molecular weight is 572 g/mol. The molecule has 0 aliphatic carbocycles. The zero-order valence-corrected chi connectivity index (χ0v) is 21.8. The second-order valence-corrected chi connectivity index (χ2v) is 7.57. The summed E-state index contributed by atoms with van der Waals surface area (Å²) >= 11 is 0. The van der Waals surface area contributed by atoms with Gasteiger partial charge in [-0.05, 0) is 43.7 Å². The van der Waals surface area contributed by atoms with E-state index in [2.05, 4.69) is 15.6 Å². The van der Waals surface area contributed by atoms with Crippen molar-refractivity contribution >= 4 is 35.6 Å². The Hall–Kier alpha value is -2.27. The zero-order valence-electron chi connectivity index (χ0n) is 19.5. The van der Waals surface area contributed by atoms with Crippen molar-refractivity contribution in [3.63, 3.8) is 0 Å². The summed E-state index contributed by atoms with van der Waals surface area (Å²) in [6.45, 7) is 8.32. The number of ether oxygens (including phenoxy) is 3. The normalized spacial score (nSPS) is 14.8. The van der Waals surface area contributed by atoms with Crippen molar-refractivity contribution in [1.82, 2.24) is 10.6 Å². The molecule has 2 N–H and O–H groups in total. The number of guanidine groups is 1. The molecule has 1 saturated heterocycles. The molecule has 0 bridgehead atoms. The summed E-state index contributed by atoms with van der Waals surface area (Å²) in [5.74, 6) is 1.94. The maximum absolute atomic E-state index is 14.6. The van der Waals surface area contributed by atoms with Crippen molar-refractivity contribution < 1.29 is 18.6 Å². The number of hydrogen-bond donors (Lipinski definition) is 2. The second kappa shape index (κ2) is 14.1. The summed E-state index contributed by atoms with van der Waals surface area (Å²) in [5.41, 5.74) is 1.44. The van der Waals surface area contributed by atoms with Crippen LogP contribution in [0, 0.1) is 5.82 Å². The SMILES string of the molecule is CCNC(=NCc1ccc(N2CCOCC2)c(F)c1)NCC(C)Oc1cccc(OC)c1.I. The first-order valence-electron chi connectivity index (χ1n) is 11.0. The van der Waals surface area contributed by atoms with E-state index in [0.29, 0.717) is 51.0 Å². The van der Waals surface area contributed by atoms with Gasteiger partial charge in [0, 0.05) is 25.7 Å². The minimum atomic E-state index is -0.224. The minimum absolute atomic E-state index is 0. The average Bonchev–Trinajstić information content (AvgIpc) is 2.81. The summed E-state index contributed by atoms with van der Waals surface area (Å²) in [5, 5.41) is 6.50. The Kier molecular flexibility index (Phi) is 11.5. The van der Waals surface area contributed by atoms with E-state index < -0.39 is 0 Å². The fraction of sp³-hybridized carbons (Fsp3) is 0.458. The predicted octanol–water partition coefficient (Wildman–Crippen LogP) is 3.81. The highest BCUT2D eigenvalue weighted by Crippen LogP contribution is 2.22. The Morgan fingerprint density at radius 1 is 1.15 bits per heavy atom. The Bertz CT molecular complexity index is 894. The number of nitrogens with zero attached hydrogens (tertiary/aromatic N) is 2. The maximum Gasteiger partial charge on any atom is 0.191 e. The molecule has 0 amide bonds. The van der Waals surface area contributed by atoms with Gasteiger partial charge in [0.25, 0.3) is 0 Å². The number of benzene rings is 2. The van der Waals surface area contributed by atoms with Crippen LogP contribution in [0.1, 0.15) is 19.4 Å². The lowest BCUT2D eigenvalue weighted by Crippen LogP contribution is -2.41. The third-order valence-electron chi connectivity index (χ3n) is 5.06. The summed E-state index contributed by atoms with van der Waals surface area (Å²) in [4.78, 5) is 6.61. The van der Waals surface area contributed by atoms with E-state index >= 15 is 0 Å². The van der Waals surface area contributed by atoms with Crippen molar-refractivity contribution in [3.05, 3.63) is 53.8 Å². The van der Waals surface area contributed by atoms with Gasteiger partial charge in [0.1, 0.15) is 23.4 Å². The van der Waals surface area contributed by atoms with Gasteiger partial charge in [0.2, 0.25) is 0 Å². The molecule has 182 valence electrons. The molecule has 3 rings (SSSR count). The monoisotopic (exact) mass is 572 g/mol. The van der Waals surface area contributed by atoms with Crippen LogP contribution >= 0.6 is 24.0 Å². The summed E-state index contributed by atoms with van der Waals surface area (Å²) < 4.78 is 31.2. The molecule has 1 aliphatic heterocycles. The molecule has 0 radical (unpaired) electrons. The molecule has 0 aromatic heterocycles. The fourth-order valence-corrected chi connectivity index (χ4v) is 3.41. The maximum atomic E-state index is 14.6. The van der Waals surface area contributed by atoms with Gasteiger partial charge in [-0.15, -0.1) is 24.0 Å². The molecule has 0 spiro atoms. The van der Waals surface area contributed by atoms with E-state index in [4.69, 9.17) is 14.2 Å². The summed E-state index contributed by atoms with van der Waals surface area (Å²) in [6.07, 6.45) is -0.0868. The van der Waals surface area contributed by atoms with Gasteiger partial charge < -0.3 is 29.7 Å². The number of nitrogens with one attached hydrogen (secondary N) is 2. The lowest BCUT2D eigenvalue weighted by molar-refractivity contribution is 0.122. The molecule has 9 heteroatoms. The first-order valence-corrected chi connectivity index (χ1v) is 11.0. The van der Waals surface area contributed by atoms with Crippen LogP contribution in [0.4, 0.5) is 10.1 Å². The molecule has 0 saturated carbocycles. The topological polar surface area (TPSA) is 67.4 Å². The third-order valence-corrected chi connectivity index (χ3v) is 5.06. The largest absolute Gasteiger partial charge is 0.497 e. The number of anilines is 1. The van der Waals surface area contributed by atoms with Gasteiger partial charge in [-0.2, -0.15) is 0 Å². The van der Waals surface area contributed by atoms with Crippen molar-refractivity contribution in [2.24, 2.45) is 4.99 Å². The van der Waals surface area contributed by atoms with Gasteiger partial charge in [-0.1, -0.05) is 12.1 Å². The van der Waals surface area contributed by atoms with E-state index in [1.807, 2.05) is 55.1 Å². The quantitative estimate of drug-likeness (QED) is 0.271.